The Hall–Kier alpha value is -0.840. The van der Waals surface area contributed by atoms with Crippen LogP contribution in [0, 0.1) is 13.8 Å². The lowest BCUT2D eigenvalue weighted by Gasteiger charge is -2.18. The average Bonchev–Trinajstić information content (AvgIpc) is 2.37. The van der Waals surface area contributed by atoms with Gasteiger partial charge in [0.05, 0.1) is 13.2 Å². The number of ether oxygens (including phenoxy) is 1. The summed E-state index contributed by atoms with van der Waals surface area (Å²) in [5.41, 5.74) is 10.8. The molecule has 0 aliphatic heterocycles. The van der Waals surface area contributed by atoms with Gasteiger partial charge < -0.3 is 10.5 Å². The van der Waals surface area contributed by atoms with Gasteiger partial charge in [-0.3, -0.25) is 0 Å². The Balaban J connectivity index is 2.45. The molecule has 0 bridgehead atoms. The number of rotatable bonds is 3. The van der Waals surface area contributed by atoms with E-state index in [2.05, 4.69) is 44.0 Å². The van der Waals surface area contributed by atoms with Crippen LogP contribution in [0.1, 0.15) is 28.3 Å². The lowest BCUT2D eigenvalue weighted by molar-refractivity contribution is 0.408. The fraction of sp³-hybridized carbons (Fsp3) is 0.250. The highest BCUT2D eigenvalue weighted by atomic mass is 79.9. The number of nitrogens with two attached hydrogens (primary N) is 1. The standard InChI is InChI=1S/C16H17Br2NO/c1-9-6-11(7-10(2)16(9)20-3)15(19)13-5-4-12(17)8-14(13)18/h4-8,15H,19H2,1-3H3. The fourth-order valence-corrected chi connectivity index (χ4v) is 3.71. The third-order valence-corrected chi connectivity index (χ3v) is 4.52. The molecule has 0 fully saturated rings. The first kappa shape index (κ1) is 15.5. The van der Waals surface area contributed by atoms with Crippen molar-refractivity contribution >= 4 is 31.9 Å². The molecule has 1 atom stereocenters. The Labute approximate surface area is 136 Å². The van der Waals surface area contributed by atoms with Gasteiger partial charge in [0.25, 0.3) is 0 Å². The van der Waals surface area contributed by atoms with Crippen LogP contribution in [0.25, 0.3) is 0 Å². The van der Waals surface area contributed by atoms with Gasteiger partial charge in [0.1, 0.15) is 5.75 Å². The minimum atomic E-state index is -0.166. The van der Waals surface area contributed by atoms with Crippen molar-refractivity contribution < 1.29 is 4.74 Å². The molecule has 2 rings (SSSR count). The second kappa shape index (κ2) is 6.29. The van der Waals surface area contributed by atoms with E-state index in [-0.39, 0.29) is 6.04 Å². The first-order chi connectivity index (χ1) is 9.43. The fourth-order valence-electron chi connectivity index (χ4n) is 2.42. The van der Waals surface area contributed by atoms with E-state index in [1.54, 1.807) is 7.11 Å². The van der Waals surface area contributed by atoms with Crippen LogP contribution in [-0.2, 0) is 0 Å². The number of benzene rings is 2. The highest BCUT2D eigenvalue weighted by Crippen LogP contribution is 2.32. The smallest absolute Gasteiger partial charge is 0.124 e. The molecule has 2 aromatic carbocycles. The molecule has 0 saturated carbocycles. The number of hydrogen-bond acceptors (Lipinski definition) is 2. The van der Waals surface area contributed by atoms with Crippen LogP contribution >= 0.6 is 31.9 Å². The molecular weight excluding hydrogens is 382 g/mol. The van der Waals surface area contributed by atoms with Crippen molar-refractivity contribution in [2.24, 2.45) is 5.73 Å². The highest BCUT2D eigenvalue weighted by Gasteiger charge is 2.15. The minimum Gasteiger partial charge on any atom is -0.496 e. The molecular formula is C16H17Br2NO. The molecule has 1 unspecified atom stereocenters. The predicted octanol–water partition coefficient (Wildman–Crippen LogP) is 4.89. The summed E-state index contributed by atoms with van der Waals surface area (Å²) in [7, 11) is 1.69. The molecule has 0 amide bonds. The van der Waals surface area contributed by atoms with Gasteiger partial charge in [0.2, 0.25) is 0 Å². The van der Waals surface area contributed by atoms with Gasteiger partial charge in [-0.1, -0.05) is 50.1 Å². The van der Waals surface area contributed by atoms with Crippen LogP contribution in [0.15, 0.2) is 39.3 Å². The van der Waals surface area contributed by atoms with Crippen LogP contribution in [0.4, 0.5) is 0 Å². The molecule has 0 aromatic heterocycles. The molecule has 0 heterocycles. The maximum absolute atomic E-state index is 6.41. The van der Waals surface area contributed by atoms with Crippen LogP contribution < -0.4 is 10.5 Å². The second-order valence-electron chi connectivity index (χ2n) is 4.83. The number of halogens is 2. The molecule has 0 aliphatic carbocycles. The lowest BCUT2D eigenvalue weighted by Crippen LogP contribution is -2.13. The zero-order valence-corrected chi connectivity index (χ0v) is 14.9. The molecule has 0 spiro atoms. The van der Waals surface area contributed by atoms with Crippen molar-refractivity contribution in [1.29, 1.82) is 0 Å². The monoisotopic (exact) mass is 397 g/mol. The summed E-state index contributed by atoms with van der Waals surface area (Å²) in [5, 5.41) is 0. The molecule has 2 N–H and O–H groups in total. The number of methoxy groups -OCH3 is 1. The Morgan fingerprint density at radius 1 is 1.05 bits per heavy atom. The topological polar surface area (TPSA) is 35.2 Å². The van der Waals surface area contributed by atoms with Gasteiger partial charge in [-0.05, 0) is 48.2 Å². The molecule has 2 nitrogen and oxygen atoms in total. The van der Waals surface area contributed by atoms with E-state index in [9.17, 15) is 0 Å². The van der Waals surface area contributed by atoms with E-state index >= 15 is 0 Å². The van der Waals surface area contributed by atoms with E-state index < -0.39 is 0 Å². The summed E-state index contributed by atoms with van der Waals surface area (Å²) in [6.45, 7) is 4.08. The zero-order valence-electron chi connectivity index (χ0n) is 11.7. The van der Waals surface area contributed by atoms with Crippen molar-refractivity contribution in [2.75, 3.05) is 7.11 Å². The SMILES string of the molecule is COc1c(C)cc(C(N)c2ccc(Br)cc2Br)cc1C. The first-order valence-electron chi connectivity index (χ1n) is 6.29. The summed E-state index contributed by atoms with van der Waals surface area (Å²) in [6.07, 6.45) is 0. The van der Waals surface area contributed by atoms with Crippen molar-refractivity contribution in [1.82, 2.24) is 0 Å². The maximum atomic E-state index is 6.41. The first-order valence-corrected chi connectivity index (χ1v) is 7.88. The van der Waals surface area contributed by atoms with Crippen molar-refractivity contribution in [3.63, 3.8) is 0 Å². The summed E-state index contributed by atoms with van der Waals surface area (Å²) in [6, 6.07) is 10.1. The summed E-state index contributed by atoms with van der Waals surface area (Å²) >= 11 is 7.03. The Morgan fingerprint density at radius 3 is 2.15 bits per heavy atom. The van der Waals surface area contributed by atoms with Gasteiger partial charge in [0, 0.05) is 8.95 Å². The summed E-state index contributed by atoms with van der Waals surface area (Å²) < 4.78 is 7.43. The lowest BCUT2D eigenvalue weighted by atomic mass is 9.96. The average molecular weight is 399 g/mol. The molecule has 2 aromatic rings. The Kier molecular flexibility index (Phi) is 4.89. The third kappa shape index (κ3) is 3.08. The minimum absolute atomic E-state index is 0.166. The van der Waals surface area contributed by atoms with Gasteiger partial charge >= 0.3 is 0 Å². The van der Waals surface area contributed by atoms with Crippen molar-refractivity contribution in [3.8, 4) is 5.75 Å². The number of hydrogen-bond donors (Lipinski definition) is 1. The van der Waals surface area contributed by atoms with Crippen LogP contribution in [0.5, 0.6) is 5.75 Å². The van der Waals surface area contributed by atoms with Gasteiger partial charge in [-0.2, -0.15) is 0 Å². The molecule has 20 heavy (non-hydrogen) atoms. The van der Waals surface area contributed by atoms with E-state index in [4.69, 9.17) is 10.5 Å². The van der Waals surface area contributed by atoms with Gasteiger partial charge in [0.15, 0.2) is 0 Å². The molecule has 0 saturated heterocycles. The van der Waals surface area contributed by atoms with E-state index in [0.717, 1.165) is 36.9 Å². The normalized spacial score (nSPS) is 12.3. The van der Waals surface area contributed by atoms with Gasteiger partial charge in [-0.15, -0.1) is 0 Å². The molecule has 0 aliphatic rings. The number of aryl methyl sites for hydroxylation is 2. The Bertz CT molecular complexity index is 617. The van der Waals surface area contributed by atoms with Crippen LogP contribution in [-0.4, -0.2) is 7.11 Å². The largest absolute Gasteiger partial charge is 0.496 e. The summed E-state index contributed by atoms with van der Waals surface area (Å²) in [4.78, 5) is 0. The van der Waals surface area contributed by atoms with E-state index in [1.165, 1.54) is 0 Å². The van der Waals surface area contributed by atoms with E-state index in [0.29, 0.717) is 0 Å². The predicted molar refractivity (Wildman–Crippen MR) is 90.3 cm³/mol. The summed E-state index contributed by atoms with van der Waals surface area (Å²) in [5.74, 6) is 0.927. The molecule has 106 valence electrons. The molecule has 4 heteroatoms. The van der Waals surface area contributed by atoms with E-state index in [1.807, 2.05) is 32.0 Å². The van der Waals surface area contributed by atoms with Crippen LogP contribution in [0.3, 0.4) is 0 Å². The van der Waals surface area contributed by atoms with Crippen LogP contribution in [0.2, 0.25) is 0 Å². The van der Waals surface area contributed by atoms with Crippen molar-refractivity contribution in [3.05, 3.63) is 61.5 Å². The second-order valence-corrected chi connectivity index (χ2v) is 6.60. The zero-order chi connectivity index (χ0) is 14.9. The van der Waals surface area contributed by atoms with Gasteiger partial charge in [-0.25, -0.2) is 0 Å². The van der Waals surface area contributed by atoms with Crippen molar-refractivity contribution in [2.45, 2.75) is 19.9 Å². The highest BCUT2D eigenvalue weighted by molar-refractivity contribution is 9.11. The maximum Gasteiger partial charge on any atom is 0.124 e. The quantitative estimate of drug-likeness (QED) is 0.799. The molecule has 0 radical (unpaired) electrons. The Morgan fingerprint density at radius 2 is 1.65 bits per heavy atom. The third-order valence-electron chi connectivity index (χ3n) is 3.34.